The third-order valence-electron chi connectivity index (χ3n) is 19.3. The molecule has 24 nitrogen and oxygen atoms in total. The van der Waals surface area contributed by atoms with Gasteiger partial charge in [0.2, 0.25) is 11.8 Å². The lowest BCUT2D eigenvalue weighted by atomic mass is 10.1. The summed E-state index contributed by atoms with van der Waals surface area (Å²) < 4.78 is 67.3. The maximum atomic E-state index is 6.23. The highest BCUT2D eigenvalue weighted by Gasteiger charge is 2.20. The number of rotatable bonds is 28. The molecule has 5 aromatic heterocycles. The highest BCUT2D eigenvalue weighted by atomic mass is 16.5. The van der Waals surface area contributed by atoms with Crippen LogP contribution in [0.1, 0.15) is 50.3 Å². The largest absolute Gasteiger partial charge is 0.493 e. The number of nitrogens with one attached hydrogen (secondary N) is 5. The van der Waals surface area contributed by atoms with Gasteiger partial charge < -0.3 is 92.1 Å². The molecular formula is C85H100N12O12. The molecule has 3 fully saturated rings. The zero-order valence-corrected chi connectivity index (χ0v) is 64.3. The van der Waals surface area contributed by atoms with E-state index in [4.69, 9.17) is 66.8 Å². The van der Waals surface area contributed by atoms with Crippen molar-refractivity contribution in [2.24, 2.45) is 5.10 Å². The topological polar surface area (TPSA) is 239 Å². The molecule has 3 aliphatic heterocycles. The average molecular weight is 1480 g/mol. The fourth-order valence-corrected chi connectivity index (χ4v) is 13.1. The lowest BCUT2D eigenvalue weighted by molar-refractivity contribution is 0.122. The normalized spacial score (nSPS) is 13.6. The highest BCUT2D eigenvalue weighted by molar-refractivity contribution is 5.89. The van der Waals surface area contributed by atoms with Crippen LogP contribution in [0, 0.1) is 34.6 Å². The van der Waals surface area contributed by atoms with Crippen LogP contribution in [0.15, 0.2) is 157 Å². The van der Waals surface area contributed by atoms with E-state index in [0.717, 1.165) is 143 Å². The molecule has 6 aromatic carbocycles. The van der Waals surface area contributed by atoms with Crippen molar-refractivity contribution in [2.75, 3.05) is 172 Å². The molecule has 3 aliphatic rings. The minimum absolute atomic E-state index is 0.473. The molecule has 0 radical (unpaired) electrons. The summed E-state index contributed by atoms with van der Waals surface area (Å²) in [5.74, 6) is 9.30. The van der Waals surface area contributed by atoms with Gasteiger partial charge >= 0.3 is 0 Å². The van der Waals surface area contributed by atoms with E-state index in [1.807, 2.05) is 97.1 Å². The van der Waals surface area contributed by atoms with Gasteiger partial charge in [0.25, 0.3) is 0 Å². The first kappa shape index (κ1) is 77.0. The number of methoxy groups -OCH3 is 6. The van der Waals surface area contributed by atoms with Crippen molar-refractivity contribution in [1.82, 2.24) is 24.9 Å². The molecule has 0 atom stereocenters. The number of aromatic amines is 2. The van der Waals surface area contributed by atoms with E-state index in [0.29, 0.717) is 106 Å². The highest BCUT2D eigenvalue weighted by Crippen LogP contribution is 2.36. The van der Waals surface area contributed by atoms with Gasteiger partial charge in [0.1, 0.15) is 23.2 Å². The Morgan fingerprint density at radius 2 is 0.899 bits per heavy atom. The monoisotopic (exact) mass is 1480 g/mol. The van der Waals surface area contributed by atoms with E-state index in [9.17, 15) is 0 Å². The molecular weight excluding hydrogens is 1380 g/mol. The van der Waals surface area contributed by atoms with Crippen LogP contribution in [0.2, 0.25) is 0 Å². The quantitative estimate of drug-likeness (QED) is 0.0226. The second-order valence-corrected chi connectivity index (χ2v) is 26.6. The van der Waals surface area contributed by atoms with E-state index >= 15 is 0 Å². The van der Waals surface area contributed by atoms with Gasteiger partial charge in [-0.15, -0.1) is 0 Å². The van der Waals surface area contributed by atoms with Gasteiger partial charge in [-0.3, -0.25) is 5.43 Å². The van der Waals surface area contributed by atoms with Crippen LogP contribution in [0.5, 0.6) is 52.0 Å². The number of morpholine rings is 3. The number of benzene rings is 6. The van der Waals surface area contributed by atoms with E-state index in [-0.39, 0.29) is 0 Å². The Bertz CT molecular complexity index is 4640. The van der Waals surface area contributed by atoms with E-state index in [1.54, 1.807) is 48.9 Å². The van der Waals surface area contributed by atoms with Crippen molar-refractivity contribution in [3.8, 4) is 52.0 Å². The molecule has 3 saturated heterocycles. The zero-order chi connectivity index (χ0) is 76.0. The van der Waals surface area contributed by atoms with Crippen LogP contribution in [-0.2, 0) is 33.5 Å². The van der Waals surface area contributed by atoms with Crippen molar-refractivity contribution in [3.63, 3.8) is 0 Å². The molecule has 8 heterocycles. The second-order valence-electron chi connectivity index (χ2n) is 26.6. The number of anilines is 8. The van der Waals surface area contributed by atoms with E-state index in [2.05, 4.69) is 140 Å². The van der Waals surface area contributed by atoms with Gasteiger partial charge in [0, 0.05) is 151 Å². The molecule has 11 aromatic rings. The summed E-state index contributed by atoms with van der Waals surface area (Å²) in [4.78, 5) is 28.0. The summed E-state index contributed by atoms with van der Waals surface area (Å²) in [7, 11) is 9.83. The smallest absolute Gasteiger partial charge is 0.217 e. The molecule has 109 heavy (non-hydrogen) atoms. The fraction of sp³-hybridized carbons (Fsp3) is 0.341. The number of hydrogen-bond acceptors (Lipinski definition) is 22. The predicted octanol–water partition coefficient (Wildman–Crippen LogP) is 15.1. The number of fused-ring (bicyclic) bond motifs is 2. The summed E-state index contributed by atoms with van der Waals surface area (Å²) in [6, 6.07) is 50.6. The van der Waals surface area contributed by atoms with Crippen LogP contribution < -0.4 is 73.4 Å². The number of aromatic nitrogens is 5. The maximum absolute atomic E-state index is 6.23. The first-order valence-electron chi connectivity index (χ1n) is 36.9. The number of ether oxygens (including phenoxy) is 12. The SMILES string of the molecule is COc1ccc(CCOc2cc(N3CCOCC3)cc(NN=Cc3cccc(C)c3)n2)cc1OC.COc1ccc(CCOc2cc(Nc3ccc4[nH]c(C)c(C)c4c3)cc(N3CCOCC3)n2)cc1OC.COc1ccc(CCOc2cc(Nc3ccc4[nH]c(C)c(C)c4c3)nc(N3CCOCC3)c2)cc1OC. The molecule has 572 valence electrons. The van der Waals surface area contributed by atoms with E-state index < -0.39 is 0 Å². The summed E-state index contributed by atoms with van der Waals surface area (Å²) in [6.45, 7) is 21.0. The van der Waals surface area contributed by atoms with Gasteiger partial charge in [0.15, 0.2) is 40.3 Å². The summed E-state index contributed by atoms with van der Waals surface area (Å²) in [6.07, 6.45) is 3.95. The molecule has 0 aliphatic carbocycles. The number of hydrazone groups is 1. The molecule has 0 bridgehead atoms. The minimum atomic E-state index is 0.473. The number of nitrogens with zero attached hydrogens (tertiary/aromatic N) is 7. The molecule has 0 spiro atoms. The lowest BCUT2D eigenvalue weighted by Gasteiger charge is -2.29. The molecule has 0 saturated carbocycles. The van der Waals surface area contributed by atoms with Crippen LogP contribution in [0.4, 0.5) is 46.0 Å². The Morgan fingerprint density at radius 1 is 0.422 bits per heavy atom. The zero-order valence-electron chi connectivity index (χ0n) is 64.3. The molecule has 5 N–H and O–H groups in total. The standard InChI is InChI=1S/2C29H34N4O4.C27H32N4O4/c1-19-20(2)30-25-7-6-22(16-24(19)25)31-28-17-23(18-29(32-28)33-10-13-36-14-11-33)37-12-9-21-5-8-26(34-3)27(15-21)35-4;1-19-20(2)30-25-7-6-22(16-24(19)25)31-23-17-28(33-10-13-36-14-11-33)32-29(18-23)37-12-9-21-5-8-26(34-3)27(15-21)35-4;1-20-5-4-6-22(15-20)19-28-30-26-17-23(31-10-13-34-14-11-31)18-27(29-26)35-12-9-21-7-8-24(32-2)25(16-21)33-3/h2*5-8,15-18,30H,9-14H2,1-4H3,(H,31,32);4-8,15-19H,9-14H2,1-3H3,(H,29,30). The maximum Gasteiger partial charge on any atom is 0.217 e. The Hall–Kier alpha value is -11.6. The predicted molar refractivity (Wildman–Crippen MR) is 433 cm³/mol. The first-order chi connectivity index (χ1) is 53.2. The van der Waals surface area contributed by atoms with Crippen molar-refractivity contribution < 1.29 is 56.8 Å². The molecule has 0 unspecified atom stereocenters. The van der Waals surface area contributed by atoms with Gasteiger partial charge in [-0.1, -0.05) is 48.0 Å². The Labute approximate surface area is 637 Å². The second kappa shape index (κ2) is 37.8. The Balaban J connectivity index is 0.000000153. The first-order valence-corrected chi connectivity index (χ1v) is 36.9. The summed E-state index contributed by atoms with van der Waals surface area (Å²) >= 11 is 0. The lowest BCUT2D eigenvalue weighted by Crippen LogP contribution is -2.36. The minimum Gasteiger partial charge on any atom is -0.493 e. The van der Waals surface area contributed by atoms with Gasteiger partial charge in [-0.25, -0.2) is 4.98 Å². The summed E-state index contributed by atoms with van der Waals surface area (Å²) in [5.41, 5.74) is 19.7. The third kappa shape index (κ3) is 20.8. The van der Waals surface area contributed by atoms with Crippen molar-refractivity contribution >= 4 is 74.0 Å². The number of H-pyrrole nitrogens is 2. The van der Waals surface area contributed by atoms with E-state index in [1.165, 1.54) is 38.9 Å². The molecule has 0 amide bonds. The molecule has 14 rings (SSSR count). The third-order valence-corrected chi connectivity index (χ3v) is 19.3. The number of aryl methyl sites for hydroxylation is 5. The van der Waals surface area contributed by atoms with Gasteiger partial charge in [0.05, 0.1) is 108 Å². The average Bonchev–Trinajstić information content (AvgIpc) is 1.65. The van der Waals surface area contributed by atoms with Crippen LogP contribution in [0.3, 0.4) is 0 Å². The van der Waals surface area contributed by atoms with Crippen molar-refractivity contribution in [1.29, 1.82) is 0 Å². The van der Waals surface area contributed by atoms with Crippen molar-refractivity contribution in [2.45, 2.75) is 53.9 Å². The van der Waals surface area contributed by atoms with Gasteiger partial charge in [-0.2, -0.15) is 15.1 Å². The number of pyridine rings is 3. The number of hydrogen-bond donors (Lipinski definition) is 5. The van der Waals surface area contributed by atoms with Crippen LogP contribution >= 0.6 is 0 Å². The van der Waals surface area contributed by atoms with Crippen molar-refractivity contribution in [3.05, 3.63) is 202 Å². The summed E-state index contributed by atoms with van der Waals surface area (Å²) in [5, 5.41) is 13.9. The van der Waals surface area contributed by atoms with Crippen LogP contribution in [0.25, 0.3) is 21.8 Å². The van der Waals surface area contributed by atoms with Crippen LogP contribution in [-0.4, -0.2) is 173 Å². The Kier molecular flexibility index (Phi) is 26.7. The molecule has 24 heteroatoms. The fourth-order valence-electron chi connectivity index (χ4n) is 13.1. The Morgan fingerprint density at radius 3 is 1.40 bits per heavy atom. The van der Waals surface area contributed by atoms with Gasteiger partial charge in [-0.05, 0) is 141 Å².